The zero-order chi connectivity index (χ0) is 13.1. The van der Waals surface area contributed by atoms with Gasteiger partial charge in [-0.1, -0.05) is 45.4 Å². The van der Waals surface area contributed by atoms with Crippen LogP contribution in [0.1, 0.15) is 58.3 Å². The van der Waals surface area contributed by atoms with Crippen LogP contribution in [0.15, 0.2) is 0 Å². The van der Waals surface area contributed by atoms with Crippen LogP contribution in [-0.4, -0.2) is 51.1 Å². The Morgan fingerprint density at radius 1 is 1.00 bits per heavy atom. The molecule has 0 unspecified atom stereocenters. The Hall–Kier alpha value is 0.380. The van der Waals surface area contributed by atoms with Crippen molar-refractivity contribution in [2.24, 2.45) is 0 Å². The molecule has 0 aliphatic heterocycles. The summed E-state index contributed by atoms with van der Waals surface area (Å²) in [5.74, 6) is -0.750. The van der Waals surface area contributed by atoms with Gasteiger partial charge >= 0.3 is 45.9 Å². The number of carbonyl (C=O) groups excluding carboxylic acids is 1. The van der Waals surface area contributed by atoms with Crippen molar-refractivity contribution in [1.82, 2.24) is 0 Å². The predicted molar refractivity (Wildman–Crippen MR) is 71.8 cm³/mol. The Morgan fingerprint density at radius 3 is 2.00 bits per heavy atom. The summed E-state index contributed by atoms with van der Waals surface area (Å²) < 4.78 is 29.7. The van der Waals surface area contributed by atoms with Crippen molar-refractivity contribution in [1.29, 1.82) is 0 Å². The van der Waals surface area contributed by atoms with Crippen LogP contribution in [0.5, 0.6) is 0 Å². The molecule has 0 atom stereocenters. The van der Waals surface area contributed by atoms with Gasteiger partial charge in [-0.3, -0.25) is 4.79 Å². The molecule has 7 heteroatoms. The van der Waals surface area contributed by atoms with Gasteiger partial charge in [-0.15, -0.1) is 0 Å². The third kappa shape index (κ3) is 12.8. The molecule has 0 radical (unpaired) electrons. The maximum absolute atomic E-state index is 11.1. The Bertz CT molecular complexity index is 303. The molecule has 0 bridgehead atoms. The molecule has 0 fully saturated rings. The monoisotopic (exact) mass is 290 g/mol. The van der Waals surface area contributed by atoms with Crippen LogP contribution in [0.2, 0.25) is 0 Å². The first-order chi connectivity index (χ1) is 8.02. The van der Waals surface area contributed by atoms with Gasteiger partial charge in [0.25, 0.3) is 0 Å². The summed E-state index contributed by atoms with van der Waals surface area (Å²) in [6.07, 6.45) is 7.62. The molecular formula is C11H23NaO5S. The first-order valence-electron chi connectivity index (χ1n) is 6.04. The first kappa shape index (κ1) is 20.7. The molecule has 104 valence electrons. The maximum atomic E-state index is 11.1. The summed E-state index contributed by atoms with van der Waals surface area (Å²) in [6.45, 7) is 2.16. The number of hydrogen-bond acceptors (Lipinski definition) is 5. The van der Waals surface area contributed by atoms with E-state index < -0.39 is 16.4 Å². The number of unbranched alkanes of at least 4 members (excludes halogenated alkanes) is 6. The SMILES string of the molecule is CCCCCCCCCC(=O)OS(=O)(=O)OC.[NaH]. The van der Waals surface area contributed by atoms with Gasteiger partial charge < -0.3 is 4.18 Å². The molecule has 0 aliphatic carbocycles. The molecule has 0 aliphatic rings. The summed E-state index contributed by atoms with van der Waals surface area (Å²) in [5.41, 5.74) is 0. The first-order valence-corrected chi connectivity index (χ1v) is 7.38. The molecule has 18 heavy (non-hydrogen) atoms. The van der Waals surface area contributed by atoms with Gasteiger partial charge in [-0.05, 0) is 6.42 Å². The summed E-state index contributed by atoms with van der Waals surface area (Å²) in [7, 11) is -3.17. The Labute approximate surface area is 132 Å². The zero-order valence-electron chi connectivity index (χ0n) is 10.6. The van der Waals surface area contributed by atoms with E-state index in [1.165, 1.54) is 25.7 Å². The van der Waals surface area contributed by atoms with Crippen LogP contribution in [0, 0.1) is 0 Å². The second-order valence-corrected chi connectivity index (χ2v) is 5.22. The van der Waals surface area contributed by atoms with Gasteiger partial charge in [0.15, 0.2) is 0 Å². The van der Waals surface area contributed by atoms with Crippen molar-refractivity contribution in [3.63, 3.8) is 0 Å². The summed E-state index contributed by atoms with van der Waals surface area (Å²) in [6, 6.07) is 0. The van der Waals surface area contributed by atoms with E-state index in [2.05, 4.69) is 15.3 Å². The quantitative estimate of drug-likeness (QED) is 0.454. The van der Waals surface area contributed by atoms with Crippen LogP contribution in [0.4, 0.5) is 0 Å². The number of rotatable bonds is 10. The molecule has 0 spiro atoms. The molecular weight excluding hydrogens is 267 g/mol. The average molecular weight is 290 g/mol. The third-order valence-corrected chi connectivity index (χ3v) is 3.18. The Balaban J connectivity index is 0. The van der Waals surface area contributed by atoms with Gasteiger partial charge in [0.1, 0.15) is 0 Å². The van der Waals surface area contributed by atoms with E-state index in [1.54, 1.807) is 0 Å². The van der Waals surface area contributed by atoms with Crippen molar-refractivity contribution >= 4 is 45.9 Å². The fourth-order valence-electron chi connectivity index (χ4n) is 1.42. The molecule has 0 amide bonds. The predicted octanol–water partition coefficient (Wildman–Crippen LogP) is 1.91. The second-order valence-electron chi connectivity index (χ2n) is 3.90. The van der Waals surface area contributed by atoms with Crippen molar-refractivity contribution in [3.8, 4) is 0 Å². The fraction of sp³-hybridized carbons (Fsp3) is 0.909. The standard InChI is InChI=1S/C11H22O5S.Na.H/c1-3-4-5-6-7-8-9-10-11(12)16-17(13,14)15-2;;/h3-10H2,1-2H3;;. The van der Waals surface area contributed by atoms with E-state index in [0.717, 1.165) is 20.0 Å². The fourth-order valence-corrected chi connectivity index (χ4v) is 1.80. The minimum absolute atomic E-state index is 0. The van der Waals surface area contributed by atoms with Gasteiger partial charge in [0, 0.05) is 6.42 Å². The van der Waals surface area contributed by atoms with E-state index in [4.69, 9.17) is 0 Å². The van der Waals surface area contributed by atoms with Crippen molar-refractivity contribution in [2.75, 3.05) is 7.11 Å². The van der Waals surface area contributed by atoms with E-state index in [1.807, 2.05) is 0 Å². The number of hydrogen-bond donors (Lipinski definition) is 0. The number of carbonyl (C=O) groups is 1. The molecule has 0 saturated heterocycles. The Morgan fingerprint density at radius 2 is 1.50 bits per heavy atom. The zero-order valence-corrected chi connectivity index (χ0v) is 11.4. The second kappa shape index (κ2) is 12.4. The van der Waals surface area contributed by atoms with E-state index in [9.17, 15) is 13.2 Å². The molecule has 0 aromatic rings. The van der Waals surface area contributed by atoms with E-state index in [0.29, 0.717) is 6.42 Å². The molecule has 0 saturated carbocycles. The topological polar surface area (TPSA) is 69.7 Å². The normalized spacial score (nSPS) is 10.8. The van der Waals surface area contributed by atoms with Crippen LogP contribution in [0.3, 0.4) is 0 Å². The molecule has 5 nitrogen and oxygen atoms in total. The van der Waals surface area contributed by atoms with Crippen LogP contribution in [0.25, 0.3) is 0 Å². The van der Waals surface area contributed by atoms with Crippen molar-refractivity contribution < 1.29 is 21.6 Å². The van der Waals surface area contributed by atoms with Gasteiger partial charge in [-0.25, -0.2) is 4.18 Å². The molecule has 0 N–H and O–H groups in total. The summed E-state index contributed by atoms with van der Waals surface area (Å²) in [5, 5.41) is 0. The van der Waals surface area contributed by atoms with Gasteiger partial charge in [0.2, 0.25) is 0 Å². The van der Waals surface area contributed by atoms with Crippen molar-refractivity contribution in [2.45, 2.75) is 58.3 Å². The minimum atomic E-state index is -4.12. The average Bonchev–Trinajstić information content (AvgIpc) is 2.27. The van der Waals surface area contributed by atoms with Crippen molar-refractivity contribution in [3.05, 3.63) is 0 Å². The van der Waals surface area contributed by atoms with E-state index in [-0.39, 0.29) is 36.0 Å². The van der Waals surface area contributed by atoms with Crippen LogP contribution in [-0.2, 0) is 23.6 Å². The molecule has 0 aromatic carbocycles. The molecule has 0 heterocycles. The Kier molecular flexibility index (Phi) is 14.3. The van der Waals surface area contributed by atoms with Crippen LogP contribution >= 0.6 is 0 Å². The molecule has 0 aromatic heterocycles. The third-order valence-electron chi connectivity index (χ3n) is 2.38. The van der Waals surface area contributed by atoms with Gasteiger partial charge in [-0.2, -0.15) is 8.42 Å². The van der Waals surface area contributed by atoms with Gasteiger partial charge in [0.05, 0.1) is 7.11 Å². The van der Waals surface area contributed by atoms with Crippen LogP contribution < -0.4 is 0 Å². The molecule has 0 rings (SSSR count). The summed E-state index contributed by atoms with van der Waals surface area (Å²) >= 11 is 0. The summed E-state index contributed by atoms with van der Waals surface area (Å²) in [4.78, 5) is 11.1. The van der Waals surface area contributed by atoms with E-state index >= 15 is 0 Å².